The zero-order chi connectivity index (χ0) is 16.7. The van der Waals surface area contributed by atoms with E-state index in [1.54, 1.807) is 17.5 Å². The fourth-order valence-electron chi connectivity index (χ4n) is 2.93. The van der Waals surface area contributed by atoms with Crippen LogP contribution in [0.4, 0.5) is 5.13 Å². The second-order valence-corrected chi connectivity index (χ2v) is 7.14. The van der Waals surface area contributed by atoms with E-state index in [2.05, 4.69) is 27.1 Å². The number of carbonyl (C=O) groups excluding carboxylic acids is 1. The summed E-state index contributed by atoms with van der Waals surface area (Å²) in [6, 6.07) is 3.95. The van der Waals surface area contributed by atoms with Gasteiger partial charge in [-0.15, -0.1) is 11.3 Å². The highest BCUT2D eigenvalue weighted by atomic mass is 32.1. The lowest BCUT2D eigenvalue weighted by Crippen LogP contribution is -2.29. The Morgan fingerprint density at radius 3 is 3.12 bits per heavy atom. The van der Waals surface area contributed by atoms with Gasteiger partial charge in [0.1, 0.15) is 11.3 Å². The van der Waals surface area contributed by atoms with Crippen molar-refractivity contribution in [2.75, 3.05) is 18.4 Å². The van der Waals surface area contributed by atoms with Gasteiger partial charge in [-0.2, -0.15) is 0 Å². The molecule has 6 nitrogen and oxygen atoms in total. The predicted octanol–water partition coefficient (Wildman–Crippen LogP) is 2.73. The molecule has 1 aliphatic heterocycles. The molecule has 0 unspecified atom stereocenters. The van der Waals surface area contributed by atoms with E-state index in [1.165, 1.54) is 4.88 Å². The lowest BCUT2D eigenvalue weighted by Gasteiger charge is -2.23. The average Bonchev–Trinajstić information content (AvgIpc) is 3.16. The van der Waals surface area contributed by atoms with Crippen molar-refractivity contribution in [1.82, 2.24) is 19.3 Å². The quantitative estimate of drug-likeness (QED) is 0.796. The van der Waals surface area contributed by atoms with Gasteiger partial charge in [0.15, 0.2) is 5.13 Å². The van der Waals surface area contributed by atoms with Gasteiger partial charge in [-0.05, 0) is 31.2 Å². The number of hydrogen-bond donors (Lipinski definition) is 1. The number of imidazole rings is 1. The summed E-state index contributed by atoms with van der Waals surface area (Å²) in [7, 11) is 0. The van der Waals surface area contributed by atoms with Crippen molar-refractivity contribution < 1.29 is 4.79 Å². The van der Waals surface area contributed by atoms with Gasteiger partial charge in [0.2, 0.25) is 0 Å². The van der Waals surface area contributed by atoms with Crippen LogP contribution in [0.15, 0.2) is 24.5 Å². The lowest BCUT2D eigenvalue weighted by atomic mass is 10.2. The van der Waals surface area contributed by atoms with Gasteiger partial charge < -0.3 is 4.40 Å². The van der Waals surface area contributed by atoms with Crippen LogP contribution in [0, 0.1) is 6.92 Å². The summed E-state index contributed by atoms with van der Waals surface area (Å²) in [6.07, 6.45) is 4.61. The average molecular weight is 341 g/mol. The Bertz CT molecular complexity index is 913. The van der Waals surface area contributed by atoms with E-state index < -0.39 is 0 Å². The minimum absolute atomic E-state index is 0.213. The highest BCUT2D eigenvalue weighted by Crippen LogP contribution is 2.28. The van der Waals surface area contributed by atoms with Crippen LogP contribution in [0.1, 0.15) is 33.5 Å². The molecule has 3 aromatic heterocycles. The summed E-state index contributed by atoms with van der Waals surface area (Å²) in [4.78, 5) is 25.1. The van der Waals surface area contributed by atoms with E-state index in [1.807, 2.05) is 29.7 Å². The second-order valence-electron chi connectivity index (χ2n) is 6.06. The molecule has 0 aromatic carbocycles. The Morgan fingerprint density at radius 2 is 2.29 bits per heavy atom. The Kier molecular flexibility index (Phi) is 3.82. The molecule has 7 heteroatoms. The monoisotopic (exact) mass is 341 g/mol. The molecule has 4 rings (SSSR count). The molecule has 0 atom stereocenters. The number of nitrogens with zero attached hydrogens (tertiary/aromatic N) is 4. The largest absolute Gasteiger partial charge is 0.306 e. The van der Waals surface area contributed by atoms with Gasteiger partial charge >= 0.3 is 0 Å². The Hall–Kier alpha value is -2.25. The van der Waals surface area contributed by atoms with Gasteiger partial charge in [0.05, 0.1) is 5.69 Å². The molecule has 124 valence electrons. The maximum Gasteiger partial charge on any atom is 0.277 e. The molecule has 1 amide bonds. The highest BCUT2D eigenvalue weighted by molar-refractivity contribution is 7.15. The molecule has 0 saturated carbocycles. The maximum absolute atomic E-state index is 12.5. The van der Waals surface area contributed by atoms with Crippen molar-refractivity contribution in [3.8, 4) is 0 Å². The molecule has 0 saturated heterocycles. The number of thiazole rings is 1. The van der Waals surface area contributed by atoms with Crippen LogP contribution in [0.2, 0.25) is 0 Å². The number of likely N-dealkylation sites (N-methyl/N-ethyl adjacent to an activating group) is 1. The van der Waals surface area contributed by atoms with E-state index >= 15 is 0 Å². The molecular weight excluding hydrogens is 322 g/mol. The van der Waals surface area contributed by atoms with Gasteiger partial charge in [-0.25, -0.2) is 9.97 Å². The lowest BCUT2D eigenvalue weighted by molar-refractivity contribution is 0.102. The number of fused-ring (bicyclic) bond motifs is 2. The number of hydrogen-bond acceptors (Lipinski definition) is 5. The SMILES string of the molecule is CCN1CCc2nc(NC(=O)c3cn4ccc(C)cc4n3)sc2C1. The fraction of sp³-hybridized carbons (Fsp3) is 0.353. The number of anilines is 1. The molecule has 0 fully saturated rings. The summed E-state index contributed by atoms with van der Waals surface area (Å²) in [5, 5.41) is 3.56. The molecule has 0 bridgehead atoms. The van der Waals surface area contributed by atoms with Gasteiger partial charge in [0.25, 0.3) is 5.91 Å². The number of pyridine rings is 1. The zero-order valence-electron chi connectivity index (χ0n) is 13.7. The maximum atomic E-state index is 12.5. The minimum atomic E-state index is -0.213. The van der Waals surface area contributed by atoms with Gasteiger partial charge in [-0.3, -0.25) is 15.0 Å². The van der Waals surface area contributed by atoms with Crippen molar-refractivity contribution in [1.29, 1.82) is 0 Å². The normalized spacial score (nSPS) is 14.8. The van der Waals surface area contributed by atoms with E-state index in [-0.39, 0.29) is 5.91 Å². The minimum Gasteiger partial charge on any atom is -0.306 e. The number of aryl methyl sites for hydroxylation is 1. The number of aromatic nitrogens is 3. The second kappa shape index (κ2) is 5.99. The number of nitrogens with one attached hydrogen (secondary N) is 1. The number of amides is 1. The Morgan fingerprint density at radius 1 is 1.42 bits per heavy atom. The molecule has 0 spiro atoms. The number of rotatable bonds is 3. The third kappa shape index (κ3) is 2.81. The van der Waals surface area contributed by atoms with E-state index in [0.29, 0.717) is 10.8 Å². The Balaban J connectivity index is 1.54. The molecule has 1 N–H and O–H groups in total. The van der Waals surface area contributed by atoms with Crippen LogP contribution >= 0.6 is 11.3 Å². The smallest absolute Gasteiger partial charge is 0.277 e. The van der Waals surface area contributed by atoms with Crippen LogP contribution in [-0.4, -0.2) is 38.3 Å². The van der Waals surface area contributed by atoms with Crippen molar-refractivity contribution in [3.63, 3.8) is 0 Å². The molecular formula is C17H19N5OS. The Labute approximate surface area is 144 Å². The fourth-order valence-corrected chi connectivity index (χ4v) is 3.97. The first kappa shape index (κ1) is 15.3. The van der Waals surface area contributed by atoms with Crippen LogP contribution < -0.4 is 5.32 Å². The van der Waals surface area contributed by atoms with Crippen LogP contribution in [-0.2, 0) is 13.0 Å². The first-order chi connectivity index (χ1) is 11.6. The summed E-state index contributed by atoms with van der Waals surface area (Å²) < 4.78 is 1.86. The van der Waals surface area contributed by atoms with Crippen molar-refractivity contribution in [2.45, 2.75) is 26.8 Å². The van der Waals surface area contributed by atoms with Gasteiger partial charge in [-0.1, -0.05) is 6.92 Å². The molecule has 1 aliphatic rings. The topological polar surface area (TPSA) is 62.5 Å². The summed E-state index contributed by atoms with van der Waals surface area (Å²) in [5.41, 5.74) is 3.42. The molecule has 3 aromatic rings. The van der Waals surface area contributed by atoms with E-state index in [0.717, 1.165) is 43.0 Å². The standard InChI is InChI=1S/C17H19N5OS/c1-3-21-6-5-12-14(10-21)24-17(19-12)20-16(23)13-9-22-7-4-11(2)8-15(22)18-13/h4,7-9H,3,5-6,10H2,1-2H3,(H,19,20,23). The van der Waals surface area contributed by atoms with Crippen LogP contribution in [0.3, 0.4) is 0 Å². The molecule has 4 heterocycles. The van der Waals surface area contributed by atoms with Crippen LogP contribution in [0.25, 0.3) is 5.65 Å². The van der Waals surface area contributed by atoms with Crippen molar-refractivity contribution in [2.24, 2.45) is 0 Å². The predicted molar refractivity (Wildman–Crippen MR) is 94.7 cm³/mol. The first-order valence-electron chi connectivity index (χ1n) is 8.10. The third-order valence-electron chi connectivity index (χ3n) is 4.33. The number of carbonyl (C=O) groups is 1. The highest BCUT2D eigenvalue weighted by Gasteiger charge is 2.21. The zero-order valence-corrected chi connectivity index (χ0v) is 14.6. The van der Waals surface area contributed by atoms with Crippen molar-refractivity contribution >= 4 is 28.0 Å². The summed E-state index contributed by atoms with van der Waals surface area (Å²) in [6.45, 7) is 7.17. The van der Waals surface area contributed by atoms with E-state index in [9.17, 15) is 4.79 Å². The summed E-state index contributed by atoms with van der Waals surface area (Å²) >= 11 is 1.57. The van der Waals surface area contributed by atoms with Gasteiger partial charge in [0, 0.05) is 36.8 Å². The summed E-state index contributed by atoms with van der Waals surface area (Å²) in [5.74, 6) is -0.213. The first-order valence-corrected chi connectivity index (χ1v) is 8.91. The molecule has 0 radical (unpaired) electrons. The van der Waals surface area contributed by atoms with Crippen molar-refractivity contribution in [3.05, 3.63) is 46.4 Å². The third-order valence-corrected chi connectivity index (χ3v) is 5.32. The van der Waals surface area contributed by atoms with Crippen LogP contribution in [0.5, 0.6) is 0 Å². The molecule has 24 heavy (non-hydrogen) atoms. The molecule has 0 aliphatic carbocycles. The van der Waals surface area contributed by atoms with E-state index in [4.69, 9.17) is 0 Å².